The van der Waals surface area contributed by atoms with Gasteiger partial charge in [0.1, 0.15) is 17.8 Å². The molecule has 4 rings (SSSR count). The van der Waals surface area contributed by atoms with Gasteiger partial charge in [-0.2, -0.15) is 4.98 Å². The standard InChI is InChI=1S/C23H27ClN6O3/c1-14-10-25-23(27-18-6-7-33-15(2)8-18)29-21(14)30-11-19(26-13-30)22(32)28-20(12-31)16-4-3-5-17(24)9-16/h3-5,9-11,13,15,18,20,31H,6-8,12H2,1-2H3,(H,28,32)(H,25,27,29). The van der Waals surface area contributed by atoms with E-state index in [0.717, 1.165) is 18.4 Å². The predicted molar refractivity (Wildman–Crippen MR) is 125 cm³/mol. The summed E-state index contributed by atoms with van der Waals surface area (Å²) in [6.07, 6.45) is 6.88. The summed E-state index contributed by atoms with van der Waals surface area (Å²) < 4.78 is 7.29. The van der Waals surface area contributed by atoms with Crippen molar-refractivity contribution in [3.05, 3.63) is 64.8 Å². The minimum atomic E-state index is -0.597. The highest BCUT2D eigenvalue weighted by molar-refractivity contribution is 6.30. The van der Waals surface area contributed by atoms with Gasteiger partial charge in [-0.05, 0) is 44.4 Å². The van der Waals surface area contributed by atoms with E-state index in [4.69, 9.17) is 16.3 Å². The predicted octanol–water partition coefficient (Wildman–Crippen LogP) is 3.07. The third-order valence-corrected chi connectivity index (χ3v) is 5.80. The van der Waals surface area contributed by atoms with Gasteiger partial charge in [-0.25, -0.2) is 9.97 Å². The second-order valence-corrected chi connectivity index (χ2v) is 8.61. The molecule has 0 radical (unpaired) electrons. The van der Waals surface area contributed by atoms with Crippen molar-refractivity contribution < 1.29 is 14.6 Å². The van der Waals surface area contributed by atoms with E-state index >= 15 is 0 Å². The molecule has 3 N–H and O–H groups in total. The van der Waals surface area contributed by atoms with Crippen molar-refractivity contribution in [1.82, 2.24) is 24.8 Å². The fourth-order valence-corrected chi connectivity index (χ4v) is 4.02. The zero-order valence-corrected chi connectivity index (χ0v) is 19.3. The van der Waals surface area contributed by atoms with Crippen LogP contribution in [0, 0.1) is 6.92 Å². The number of nitrogens with zero attached hydrogens (tertiary/aromatic N) is 4. The third-order valence-electron chi connectivity index (χ3n) is 5.56. The number of halogens is 1. The Morgan fingerprint density at radius 1 is 1.39 bits per heavy atom. The highest BCUT2D eigenvalue weighted by atomic mass is 35.5. The van der Waals surface area contributed by atoms with Gasteiger partial charge in [-0.15, -0.1) is 0 Å². The maximum Gasteiger partial charge on any atom is 0.272 e. The van der Waals surface area contributed by atoms with Crippen LogP contribution in [-0.2, 0) is 4.74 Å². The summed E-state index contributed by atoms with van der Waals surface area (Å²) in [5, 5.41) is 16.5. The first kappa shape index (κ1) is 23.2. The Morgan fingerprint density at radius 2 is 2.24 bits per heavy atom. The van der Waals surface area contributed by atoms with Gasteiger partial charge in [0, 0.05) is 35.6 Å². The molecular formula is C23H27ClN6O3. The molecule has 1 amide bonds. The molecule has 3 aromatic rings. The molecule has 0 aliphatic carbocycles. The molecule has 2 aromatic heterocycles. The number of hydrogen-bond acceptors (Lipinski definition) is 7. The second kappa shape index (κ2) is 10.3. The average Bonchev–Trinajstić information content (AvgIpc) is 3.29. The van der Waals surface area contributed by atoms with Crippen molar-refractivity contribution in [2.24, 2.45) is 0 Å². The van der Waals surface area contributed by atoms with E-state index in [2.05, 4.69) is 32.5 Å². The number of benzene rings is 1. The Labute approximate surface area is 197 Å². The molecule has 3 unspecified atom stereocenters. The highest BCUT2D eigenvalue weighted by Crippen LogP contribution is 2.20. The number of ether oxygens (including phenoxy) is 1. The molecule has 1 saturated heterocycles. The number of aryl methyl sites for hydroxylation is 1. The Morgan fingerprint density at radius 3 is 3.00 bits per heavy atom. The third kappa shape index (κ3) is 5.68. The number of hydrogen-bond donors (Lipinski definition) is 3. The van der Waals surface area contributed by atoms with Crippen molar-refractivity contribution in [2.75, 3.05) is 18.5 Å². The molecule has 1 aliphatic rings. The lowest BCUT2D eigenvalue weighted by Gasteiger charge is -2.28. The molecule has 1 aromatic carbocycles. The summed E-state index contributed by atoms with van der Waals surface area (Å²) in [6.45, 7) is 4.40. The molecule has 0 bridgehead atoms. The molecular weight excluding hydrogens is 444 g/mol. The normalized spacial score (nSPS) is 19.2. The molecule has 10 heteroatoms. The zero-order chi connectivity index (χ0) is 23.4. The molecule has 1 fully saturated rings. The van der Waals surface area contributed by atoms with Crippen LogP contribution in [0.1, 0.15) is 47.4 Å². The molecule has 33 heavy (non-hydrogen) atoms. The van der Waals surface area contributed by atoms with Gasteiger partial charge < -0.3 is 20.5 Å². The largest absolute Gasteiger partial charge is 0.394 e. The number of imidazole rings is 1. The summed E-state index contributed by atoms with van der Waals surface area (Å²) >= 11 is 6.03. The van der Waals surface area contributed by atoms with Crippen LogP contribution in [0.15, 0.2) is 43.0 Å². The van der Waals surface area contributed by atoms with Gasteiger partial charge in [0.2, 0.25) is 5.95 Å². The summed E-state index contributed by atoms with van der Waals surface area (Å²) in [7, 11) is 0. The topological polar surface area (TPSA) is 114 Å². The van der Waals surface area contributed by atoms with Gasteiger partial charge in [0.05, 0.1) is 18.8 Å². The smallest absolute Gasteiger partial charge is 0.272 e. The summed E-state index contributed by atoms with van der Waals surface area (Å²) in [5.41, 5.74) is 1.77. The lowest BCUT2D eigenvalue weighted by atomic mass is 10.0. The molecule has 174 valence electrons. The fourth-order valence-electron chi connectivity index (χ4n) is 3.82. The minimum Gasteiger partial charge on any atom is -0.394 e. The number of aromatic nitrogens is 4. The van der Waals surface area contributed by atoms with Crippen LogP contribution >= 0.6 is 11.6 Å². The van der Waals surface area contributed by atoms with Crippen molar-refractivity contribution in [1.29, 1.82) is 0 Å². The van der Waals surface area contributed by atoms with Gasteiger partial charge in [-0.3, -0.25) is 9.36 Å². The number of amides is 1. The molecule has 3 atom stereocenters. The molecule has 9 nitrogen and oxygen atoms in total. The summed E-state index contributed by atoms with van der Waals surface area (Å²) in [4.78, 5) is 26.1. The van der Waals surface area contributed by atoms with Crippen LogP contribution < -0.4 is 10.6 Å². The number of aliphatic hydroxyl groups excluding tert-OH is 1. The SMILES string of the molecule is Cc1cnc(NC2CCOC(C)C2)nc1-n1cnc(C(=O)NC(CO)c2cccc(Cl)c2)c1. The van der Waals surface area contributed by atoms with E-state index in [1.807, 2.05) is 6.92 Å². The summed E-state index contributed by atoms with van der Waals surface area (Å²) in [6, 6.07) is 6.66. The number of nitrogens with one attached hydrogen (secondary N) is 2. The minimum absolute atomic E-state index is 0.200. The number of anilines is 1. The Balaban J connectivity index is 1.48. The van der Waals surface area contributed by atoms with Crippen molar-refractivity contribution in [3.63, 3.8) is 0 Å². The monoisotopic (exact) mass is 470 g/mol. The van der Waals surface area contributed by atoms with E-state index < -0.39 is 11.9 Å². The quantitative estimate of drug-likeness (QED) is 0.486. The lowest BCUT2D eigenvalue weighted by Crippen LogP contribution is -2.33. The molecule has 1 aliphatic heterocycles. The maximum atomic E-state index is 12.8. The van der Waals surface area contributed by atoms with E-state index in [1.165, 1.54) is 6.33 Å². The zero-order valence-electron chi connectivity index (χ0n) is 18.5. The van der Waals surface area contributed by atoms with E-state index in [0.29, 0.717) is 29.0 Å². The second-order valence-electron chi connectivity index (χ2n) is 8.18. The number of carbonyl (C=O) groups is 1. The number of aliphatic hydroxyl groups is 1. The maximum absolute atomic E-state index is 12.8. The highest BCUT2D eigenvalue weighted by Gasteiger charge is 2.21. The van der Waals surface area contributed by atoms with Gasteiger partial charge >= 0.3 is 0 Å². The van der Waals surface area contributed by atoms with E-state index in [9.17, 15) is 9.90 Å². The van der Waals surface area contributed by atoms with Crippen LogP contribution in [-0.4, -0.2) is 55.9 Å². The van der Waals surface area contributed by atoms with Crippen LogP contribution in [0.25, 0.3) is 5.82 Å². The fraction of sp³-hybridized carbons (Fsp3) is 0.391. The van der Waals surface area contributed by atoms with Gasteiger partial charge in [-0.1, -0.05) is 23.7 Å². The Kier molecular flexibility index (Phi) is 7.22. The number of carbonyl (C=O) groups excluding carboxylic acids is 1. The van der Waals surface area contributed by atoms with Crippen LogP contribution in [0.2, 0.25) is 5.02 Å². The summed E-state index contributed by atoms with van der Waals surface area (Å²) in [5.74, 6) is 0.748. The average molecular weight is 471 g/mol. The van der Waals surface area contributed by atoms with Crippen LogP contribution in [0.4, 0.5) is 5.95 Å². The van der Waals surface area contributed by atoms with Crippen molar-refractivity contribution in [2.45, 2.75) is 44.9 Å². The molecule has 3 heterocycles. The number of rotatable bonds is 7. The Hall–Kier alpha value is -3.01. The first-order valence-corrected chi connectivity index (χ1v) is 11.2. The Bertz CT molecular complexity index is 1120. The van der Waals surface area contributed by atoms with Crippen molar-refractivity contribution in [3.8, 4) is 5.82 Å². The van der Waals surface area contributed by atoms with Crippen LogP contribution in [0.3, 0.4) is 0 Å². The van der Waals surface area contributed by atoms with Crippen molar-refractivity contribution >= 4 is 23.5 Å². The first-order valence-electron chi connectivity index (χ1n) is 10.9. The molecule has 0 spiro atoms. The van der Waals surface area contributed by atoms with E-state index in [-0.39, 0.29) is 24.4 Å². The lowest BCUT2D eigenvalue weighted by molar-refractivity contribution is 0.0231. The van der Waals surface area contributed by atoms with Crippen LogP contribution in [0.5, 0.6) is 0 Å². The van der Waals surface area contributed by atoms with Gasteiger partial charge in [0.15, 0.2) is 0 Å². The van der Waals surface area contributed by atoms with Gasteiger partial charge in [0.25, 0.3) is 5.91 Å². The first-order chi connectivity index (χ1) is 15.9. The molecule has 0 saturated carbocycles. The van der Waals surface area contributed by atoms with E-state index in [1.54, 1.807) is 41.2 Å².